The molecule has 0 fully saturated rings. The second-order valence-corrected chi connectivity index (χ2v) is 4.02. The van der Waals surface area contributed by atoms with E-state index in [-0.39, 0.29) is 18.4 Å². The lowest BCUT2D eigenvalue weighted by Gasteiger charge is -2.06. The Balaban J connectivity index is 2.02. The van der Waals surface area contributed by atoms with Crippen LogP contribution in [-0.4, -0.2) is 25.7 Å². The van der Waals surface area contributed by atoms with E-state index in [4.69, 9.17) is 5.73 Å². The molecule has 2 aromatic heterocycles. The lowest BCUT2D eigenvalue weighted by Crippen LogP contribution is -2.20. The number of anilines is 2. The highest BCUT2D eigenvalue weighted by Crippen LogP contribution is 2.08. The van der Waals surface area contributed by atoms with Crippen molar-refractivity contribution in [3.63, 3.8) is 0 Å². The van der Waals surface area contributed by atoms with Gasteiger partial charge in [0.15, 0.2) is 0 Å². The monoisotopic (exact) mass is 246 g/mol. The number of nitrogen functional groups attached to an aromatic ring is 1. The van der Waals surface area contributed by atoms with Gasteiger partial charge in [0.2, 0.25) is 11.9 Å². The highest BCUT2D eigenvalue weighted by molar-refractivity contribution is 5.89. The fraction of sp³-hybridized carbons (Fsp3) is 0.273. The number of aromatic nitrogens is 4. The van der Waals surface area contributed by atoms with Gasteiger partial charge in [-0.3, -0.25) is 4.79 Å². The fourth-order valence-corrected chi connectivity index (χ4v) is 1.62. The van der Waals surface area contributed by atoms with Crippen molar-refractivity contribution in [1.29, 1.82) is 0 Å². The van der Waals surface area contributed by atoms with Crippen LogP contribution in [0.2, 0.25) is 0 Å². The van der Waals surface area contributed by atoms with Crippen molar-refractivity contribution >= 4 is 17.7 Å². The maximum absolute atomic E-state index is 11.7. The number of carbonyl (C=O) groups excluding carboxylic acids is 1. The van der Waals surface area contributed by atoms with Crippen LogP contribution in [0.25, 0.3) is 0 Å². The summed E-state index contributed by atoms with van der Waals surface area (Å²) in [5.74, 6) is 0.454. The number of amides is 1. The number of carbonyl (C=O) groups is 1. The van der Waals surface area contributed by atoms with Gasteiger partial charge >= 0.3 is 0 Å². The molecule has 0 spiro atoms. The Labute approximate surface area is 104 Å². The molecular weight excluding hydrogens is 232 g/mol. The molecule has 3 N–H and O–H groups in total. The Morgan fingerprint density at radius 2 is 2.22 bits per heavy atom. The number of hydrogen-bond acceptors (Lipinski definition) is 5. The molecule has 0 aromatic carbocycles. The van der Waals surface area contributed by atoms with E-state index in [2.05, 4.69) is 20.4 Å². The van der Waals surface area contributed by atoms with Crippen LogP contribution in [0.5, 0.6) is 0 Å². The summed E-state index contributed by atoms with van der Waals surface area (Å²) in [5.41, 5.74) is 7.26. The standard InChI is InChI=1S/C11H14N6O/c1-7-3-8(2)14-9(4-7)15-10(18)5-17-6-13-11(12)16-17/h3-4,6H,5H2,1-2H3,(H2,12,16)(H,14,15,18). The molecule has 0 saturated heterocycles. The summed E-state index contributed by atoms with van der Waals surface area (Å²) >= 11 is 0. The van der Waals surface area contributed by atoms with E-state index in [1.807, 2.05) is 19.9 Å². The van der Waals surface area contributed by atoms with E-state index in [1.165, 1.54) is 11.0 Å². The minimum Gasteiger partial charge on any atom is -0.367 e. The molecule has 2 aromatic rings. The first kappa shape index (κ1) is 12.0. The van der Waals surface area contributed by atoms with Crippen molar-refractivity contribution in [2.75, 3.05) is 11.1 Å². The second-order valence-electron chi connectivity index (χ2n) is 4.02. The number of pyridine rings is 1. The van der Waals surface area contributed by atoms with Crippen molar-refractivity contribution in [3.8, 4) is 0 Å². The molecular formula is C11H14N6O. The maximum Gasteiger partial charge on any atom is 0.247 e. The van der Waals surface area contributed by atoms with Gasteiger partial charge in [-0.25, -0.2) is 14.6 Å². The van der Waals surface area contributed by atoms with Crippen molar-refractivity contribution in [2.45, 2.75) is 20.4 Å². The summed E-state index contributed by atoms with van der Waals surface area (Å²) in [6, 6.07) is 3.74. The van der Waals surface area contributed by atoms with Gasteiger partial charge in [0.05, 0.1) is 0 Å². The summed E-state index contributed by atoms with van der Waals surface area (Å²) < 4.78 is 1.37. The molecule has 1 amide bonds. The van der Waals surface area contributed by atoms with E-state index in [9.17, 15) is 4.79 Å². The zero-order chi connectivity index (χ0) is 13.1. The van der Waals surface area contributed by atoms with Crippen molar-refractivity contribution < 1.29 is 4.79 Å². The van der Waals surface area contributed by atoms with Gasteiger partial charge in [0, 0.05) is 5.69 Å². The molecule has 7 heteroatoms. The molecule has 0 radical (unpaired) electrons. The predicted octanol–water partition coefficient (Wildman–Crippen LogP) is 0.511. The predicted molar refractivity (Wildman–Crippen MR) is 66.8 cm³/mol. The smallest absolute Gasteiger partial charge is 0.247 e. The Bertz CT molecular complexity index is 556. The van der Waals surface area contributed by atoms with Crippen LogP contribution in [-0.2, 0) is 11.3 Å². The summed E-state index contributed by atoms with van der Waals surface area (Å²) in [5, 5.41) is 6.53. The van der Waals surface area contributed by atoms with Crippen LogP contribution in [0.15, 0.2) is 18.5 Å². The molecule has 0 unspecified atom stereocenters. The quantitative estimate of drug-likeness (QED) is 0.822. The van der Waals surface area contributed by atoms with Gasteiger partial charge in [0.1, 0.15) is 18.7 Å². The second kappa shape index (κ2) is 4.82. The summed E-state index contributed by atoms with van der Waals surface area (Å²) in [4.78, 5) is 19.7. The zero-order valence-corrected chi connectivity index (χ0v) is 10.2. The van der Waals surface area contributed by atoms with Crippen molar-refractivity contribution in [2.24, 2.45) is 0 Å². The molecule has 7 nitrogen and oxygen atoms in total. The van der Waals surface area contributed by atoms with Gasteiger partial charge in [-0.2, -0.15) is 0 Å². The van der Waals surface area contributed by atoms with Crippen LogP contribution in [0.4, 0.5) is 11.8 Å². The van der Waals surface area contributed by atoms with Gasteiger partial charge in [-0.05, 0) is 31.5 Å². The molecule has 0 bridgehead atoms. The fourth-order valence-electron chi connectivity index (χ4n) is 1.62. The molecule has 0 aliphatic rings. The lowest BCUT2D eigenvalue weighted by atomic mass is 10.2. The van der Waals surface area contributed by atoms with E-state index in [0.717, 1.165) is 11.3 Å². The molecule has 0 saturated carbocycles. The number of nitrogens with zero attached hydrogens (tertiary/aromatic N) is 4. The number of rotatable bonds is 3. The normalized spacial score (nSPS) is 10.3. The minimum absolute atomic E-state index is 0.0544. The highest BCUT2D eigenvalue weighted by atomic mass is 16.2. The Kier molecular flexibility index (Phi) is 3.22. The molecule has 2 rings (SSSR count). The SMILES string of the molecule is Cc1cc(C)nc(NC(=O)Cn2cnc(N)n2)c1. The maximum atomic E-state index is 11.7. The van der Waals surface area contributed by atoms with Gasteiger partial charge < -0.3 is 11.1 Å². The zero-order valence-electron chi connectivity index (χ0n) is 10.2. The number of nitrogens with two attached hydrogens (primary N) is 1. The third kappa shape index (κ3) is 3.03. The van der Waals surface area contributed by atoms with Crippen molar-refractivity contribution in [1.82, 2.24) is 19.7 Å². The molecule has 94 valence electrons. The average Bonchev–Trinajstić information content (AvgIpc) is 2.61. The minimum atomic E-state index is -0.225. The molecule has 0 aliphatic heterocycles. The van der Waals surface area contributed by atoms with Crippen LogP contribution < -0.4 is 11.1 Å². The average molecular weight is 246 g/mol. The van der Waals surface area contributed by atoms with Crippen LogP contribution in [0.3, 0.4) is 0 Å². The first-order valence-corrected chi connectivity index (χ1v) is 5.43. The van der Waals surface area contributed by atoms with Crippen LogP contribution in [0, 0.1) is 13.8 Å². The number of hydrogen-bond donors (Lipinski definition) is 2. The Morgan fingerprint density at radius 3 is 2.83 bits per heavy atom. The summed E-state index contributed by atoms with van der Waals surface area (Å²) in [6.45, 7) is 3.88. The Hall–Kier alpha value is -2.44. The van der Waals surface area contributed by atoms with Gasteiger partial charge in [-0.1, -0.05) is 0 Å². The summed E-state index contributed by atoms with van der Waals surface area (Å²) in [6.07, 6.45) is 1.41. The third-order valence-electron chi connectivity index (χ3n) is 2.23. The first-order chi connectivity index (χ1) is 8.52. The van der Waals surface area contributed by atoms with Gasteiger partial charge in [-0.15, -0.1) is 5.10 Å². The number of aryl methyl sites for hydroxylation is 2. The number of nitrogens with one attached hydrogen (secondary N) is 1. The van der Waals surface area contributed by atoms with Gasteiger partial charge in [0.25, 0.3) is 0 Å². The lowest BCUT2D eigenvalue weighted by molar-refractivity contribution is -0.116. The first-order valence-electron chi connectivity index (χ1n) is 5.43. The van der Waals surface area contributed by atoms with Crippen LogP contribution in [0.1, 0.15) is 11.3 Å². The van der Waals surface area contributed by atoms with E-state index >= 15 is 0 Å². The molecule has 0 atom stereocenters. The molecule has 18 heavy (non-hydrogen) atoms. The third-order valence-corrected chi connectivity index (χ3v) is 2.23. The Morgan fingerprint density at radius 1 is 1.44 bits per heavy atom. The topological polar surface area (TPSA) is 98.7 Å². The largest absolute Gasteiger partial charge is 0.367 e. The van der Waals surface area contributed by atoms with E-state index in [1.54, 1.807) is 6.07 Å². The van der Waals surface area contributed by atoms with E-state index in [0.29, 0.717) is 5.82 Å². The van der Waals surface area contributed by atoms with E-state index < -0.39 is 0 Å². The van der Waals surface area contributed by atoms with Crippen LogP contribution >= 0.6 is 0 Å². The highest BCUT2D eigenvalue weighted by Gasteiger charge is 2.06. The molecule has 2 heterocycles. The summed E-state index contributed by atoms with van der Waals surface area (Å²) in [7, 11) is 0. The molecule has 0 aliphatic carbocycles. The van der Waals surface area contributed by atoms with Crippen molar-refractivity contribution in [3.05, 3.63) is 29.7 Å².